The molecule has 6 nitrogen and oxygen atoms in total. The zero-order valence-corrected chi connectivity index (χ0v) is 12.9. The van der Waals surface area contributed by atoms with Crippen LogP contribution >= 0.6 is 0 Å². The predicted molar refractivity (Wildman–Crippen MR) is 77.6 cm³/mol. The van der Waals surface area contributed by atoms with E-state index in [4.69, 9.17) is 9.84 Å². The van der Waals surface area contributed by atoms with Crippen molar-refractivity contribution in [2.45, 2.75) is 25.2 Å². The molecule has 0 unspecified atom stereocenters. The van der Waals surface area contributed by atoms with Crippen LogP contribution in [0.2, 0.25) is 0 Å². The lowest BCUT2D eigenvalue weighted by atomic mass is 10.1. The van der Waals surface area contributed by atoms with Crippen molar-refractivity contribution >= 4 is 16.0 Å². The van der Waals surface area contributed by atoms with Crippen molar-refractivity contribution in [1.29, 1.82) is 0 Å². The van der Waals surface area contributed by atoms with Crippen LogP contribution < -0.4 is 0 Å². The number of ether oxygens (including phenoxy) is 1. The molecule has 1 aromatic carbocycles. The number of carbonyl (C=O) groups is 1. The van der Waals surface area contributed by atoms with E-state index >= 15 is 0 Å². The lowest BCUT2D eigenvalue weighted by Crippen LogP contribution is -2.50. The topological polar surface area (TPSA) is 83.9 Å². The number of benzene rings is 1. The van der Waals surface area contributed by atoms with Crippen molar-refractivity contribution in [3.8, 4) is 0 Å². The normalized spacial score (nSPS) is 19.3. The van der Waals surface area contributed by atoms with E-state index in [2.05, 4.69) is 0 Å². The Labute approximate surface area is 124 Å². The highest BCUT2D eigenvalue weighted by molar-refractivity contribution is 7.88. The maximum atomic E-state index is 12.4. The van der Waals surface area contributed by atoms with Gasteiger partial charge in [0.2, 0.25) is 10.0 Å². The summed E-state index contributed by atoms with van der Waals surface area (Å²) < 4.78 is 31.8. The van der Waals surface area contributed by atoms with Crippen LogP contribution in [0.4, 0.5) is 0 Å². The number of sulfonamides is 1. The Kier molecular flexibility index (Phi) is 4.36. The Morgan fingerprint density at radius 2 is 2.14 bits per heavy atom. The second-order valence-corrected chi connectivity index (χ2v) is 7.67. The van der Waals surface area contributed by atoms with E-state index in [0.717, 1.165) is 0 Å². The Bertz CT molecular complexity index is 639. The number of hydrogen-bond acceptors (Lipinski definition) is 4. The molecule has 1 heterocycles. The summed E-state index contributed by atoms with van der Waals surface area (Å²) in [6.07, 6.45) is 0. The molecule has 0 aromatic heterocycles. The lowest BCUT2D eigenvalue weighted by Gasteiger charge is -2.37. The van der Waals surface area contributed by atoms with E-state index in [1.54, 1.807) is 12.1 Å². The minimum absolute atomic E-state index is 0.0880. The van der Waals surface area contributed by atoms with Gasteiger partial charge in [-0.1, -0.05) is 12.1 Å². The zero-order valence-electron chi connectivity index (χ0n) is 12.1. The Balaban J connectivity index is 2.17. The molecule has 1 aliphatic heterocycles. The van der Waals surface area contributed by atoms with Crippen LogP contribution in [-0.4, -0.2) is 49.1 Å². The first-order valence-electron chi connectivity index (χ1n) is 6.64. The first-order valence-corrected chi connectivity index (χ1v) is 8.25. The van der Waals surface area contributed by atoms with Crippen LogP contribution in [-0.2, 0) is 20.5 Å². The molecule has 0 saturated carbocycles. The molecule has 116 valence electrons. The van der Waals surface area contributed by atoms with Gasteiger partial charge in [-0.2, -0.15) is 4.31 Å². The average molecular weight is 313 g/mol. The third-order valence-electron chi connectivity index (χ3n) is 3.31. The molecule has 0 aliphatic carbocycles. The van der Waals surface area contributed by atoms with Crippen molar-refractivity contribution in [2.75, 3.05) is 19.7 Å². The summed E-state index contributed by atoms with van der Waals surface area (Å²) in [5.41, 5.74) is 0.0537. The van der Waals surface area contributed by atoms with Gasteiger partial charge < -0.3 is 9.84 Å². The number of rotatable bonds is 4. The van der Waals surface area contributed by atoms with Crippen LogP contribution in [0.15, 0.2) is 24.3 Å². The molecule has 0 radical (unpaired) electrons. The third kappa shape index (κ3) is 4.03. The molecular formula is C14H19NO5S. The molecule has 1 N–H and O–H groups in total. The van der Waals surface area contributed by atoms with E-state index in [-0.39, 0.29) is 11.3 Å². The van der Waals surface area contributed by atoms with Gasteiger partial charge >= 0.3 is 5.97 Å². The zero-order chi connectivity index (χ0) is 15.7. The molecule has 0 bridgehead atoms. The highest BCUT2D eigenvalue weighted by Gasteiger charge is 2.33. The summed E-state index contributed by atoms with van der Waals surface area (Å²) in [6, 6.07) is 6.01. The van der Waals surface area contributed by atoms with Gasteiger partial charge in [0, 0.05) is 13.1 Å². The molecule has 0 atom stereocenters. The maximum absolute atomic E-state index is 12.4. The van der Waals surface area contributed by atoms with E-state index in [1.165, 1.54) is 16.4 Å². The summed E-state index contributed by atoms with van der Waals surface area (Å²) in [5.74, 6) is -1.27. The van der Waals surface area contributed by atoms with Gasteiger partial charge in [-0.25, -0.2) is 13.2 Å². The second-order valence-electron chi connectivity index (χ2n) is 5.70. The summed E-state index contributed by atoms with van der Waals surface area (Å²) in [6.45, 7) is 4.68. The molecule has 0 amide bonds. The maximum Gasteiger partial charge on any atom is 0.335 e. The molecule has 1 aliphatic rings. The van der Waals surface area contributed by atoms with Crippen molar-refractivity contribution in [1.82, 2.24) is 4.31 Å². The third-order valence-corrected chi connectivity index (χ3v) is 5.10. The minimum atomic E-state index is -3.49. The fraction of sp³-hybridized carbons (Fsp3) is 0.500. The van der Waals surface area contributed by atoms with Gasteiger partial charge in [0.15, 0.2) is 0 Å². The first-order chi connectivity index (χ1) is 9.70. The molecule has 1 saturated heterocycles. The van der Waals surface area contributed by atoms with Crippen molar-refractivity contribution in [2.24, 2.45) is 0 Å². The van der Waals surface area contributed by atoms with Crippen LogP contribution in [0.25, 0.3) is 0 Å². The molecule has 21 heavy (non-hydrogen) atoms. The summed E-state index contributed by atoms with van der Waals surface area (Å²) in [4.78, 5) is 10.9. The molecule has 1 fully saturated rings. The monoisotopic (exact) mass is 313 g/mol. The number of morpholine rings is 1. The number of hydrogen-bond donors (Lipinski definition) is 1. The van der Waals surface area contributed by atoms with Crippen LogP contribution in [0.1, 0.15) is 29.8 Å². The van der Waals surface area contributed by atoms with Gasteiger partial charge in [0.25, 0.3) is 0 Å². The highest BCUT2D eigenvalue weighted by Crippen LogP contribution is 2.21. The van der Waals surface area contributed by atoms with Crippen LogP contribution in [0.5, 0.6) is 0 Å². The Morgan fingerprint density at radius 3 is 2.76 bits per heavy atom. The largest absolute Gasteiger partial charge is 0.478 e. The molecule has 2 rings (SSSR count). The highest BCUT2D eigenvalue weighted by atomic mass is 32.2. The number of carboxylic acids is 1. The van der Waals surface area contributed by atoms with Gasteiger partial charge in [-0.15, -0.1) is 0 Å². The molecule has 7 heteroatoms. The van der Waals surface area contributed by atoms with Gasteiger partial charge in [-0.3, -0.25) is 0 Å². The predicted octanol–water partition coefficient (Wildman–Crippen LogP) is 1.33. The Morgan fingerprint density at radius 1 is 1.43 bits per heavy atom. The van der Waals surface area contributed by atoms with Crippen molar-refractivity contribution in [3.05, 3.63) is 35.4 Å². The van der Waals surface area contributed by atoms with E-state index in [0.29, 0.717) is 25.3 Å². The molecule has 1 aromatic rings. The molecule has 0 spiro atoms. The first kappa shape index (κ1) is 15.9. The number of aromatic carboxylic acids is 1. The quantitative estimate of drug-likeness (QED) is 0.906. The van der Waals surface area contributed by atoms with Gasteiger partial charge in [-0.05, 0) is 31.5 Å². The van der Waals surface area contributed by atoms with Crippen molar-refractivity contribution in [3.63, 3.8) is 0 Å². The molecular weight excluding hydrogens is 294 g/mol. The fourth-order valence-electron chi connectivity index (χ4n) is 2.31. The smallest absolute Gasteiger partial charge is 0.335 e. The summed E-state index contributed by atoms with van der Waals surface area (Å²) >= 11 is 0. The van der Waals surface area contributed by atoms with E-state index in [1.807, 2.05) is 13.8 Å². The summed E-state index contributed by atoms with van der Waals surface area (Å²) in [7, 11) is -3.49. The van der Waals surface area contributed by atoms with E-state index in [9.17, 15) is 13.2 Å². The van der Waals surface area contributed by atoms with Crippen LogP contribution in [0.3, 0.4) is 0 Å². The number of carboxylic acid groups (broad SMARTS) is 1. The van der Waals surface area contributed by atoms with E-state index < -0.39 is 21.6 Å². The van der Waals surface area contributed by atoms with Gasteiger partial charge in [0.05, 0.1) is 23.5 Å². The van der Waals surface area contributed by atoms with Gasteiger partial charge in [0.1, 0.15) is 0 Å². The number of nitrogens with zero attached hydrogens (tertiary/aromatic N) is 1. The average Bonchev–Trinajstić information content (AvgIpc) is 2.37. The summed E-state index contributed by atoms with van der Waals surface area (Å²) in [5, 5.41) is 8.95. The van der Waals surface area contributed by atoms with Crippen molar-refractivity contribution < 1.29 is 23.1 Å². The second kappa shape index (κ2) is 5.75. The SMILES string of the molecule is CC1(C)CN(S(=O)(=O)Cc2cccc(C(=O)O)c2)CCO1. The fourth-order valence-corrected chi connectivity index (χ4v) is 3.95. The standard InChI is InChI=1S/C14H19NO5S/c1-14(2)10-15(6-7-20-14)21(18,19)9-11-4-3-5-12(8-11)13(16)17/h3-5,8H,6-7,9-10H2,1-2H3,(H,16,17). The van der Waals surface area contributed by atoms with Crippen LogP contribution in [0, 0.1) is 0 Å². The minimum Gasteiger partial charge on any atom is -0.478 e. The lowest BCUT2D eigenvalue weighted by molar-refractivity contribution is -0.0640. The Hall–Kier alpha value is -1.44.